The summed E-state index contributed by atoms with van der Waals surface area (Å²) in [7, 11) is 0. The fourth-order valence-electron chi connectivity index (χ4n) is 3.15. The number of phenolic OH excluding ortho intramolecular Hbond substituents is 2. The molecular weight excluding hydrogens is 308 g/mol. The van der Waals surface area contributed by atoms with Crippen LogP contribution in [0.4, 0.5) is 0 Å². The zero-order valence-electron chi connectivity index (χ0n) is 13.9. The van der Waals surface area contributed by atoms with Gasteiger partial charge in [-0.15, -0.1) is 0 Å². The highest BCUT2D eigenvalue weighted by molar-refractivity contribution is 5.98. The lowest BCUT2D eigenvalue weighted by Gasteiger charge is -2.10. The third-order valence-electron chi connectivity index (χ3n) is 4.59. The van der Waals surface area contributed by atoms with Crippen molar-refractivity contribution in [3.8, 4) is 33.8 Å². The van der Waals surface area contributed by atoms with Crippen LogP contribution in [-0.4, -0.2) is 10.2 Å². The molecule has 0 aliphatic rings. The second kappa shape index (κ2) is 5.99. The maximum atomic E-state index is 10.6. The van der Waals surface area contributed by atoms with Crippen LogP contribution in [0.1, 0.15) is 5.56 Å². The molecule has 0 spiro atoms. The fourth-order valence-corrected chi connectivity index (χ4v) is 3.15. The van der Waals surface area contributed by atoms with Crippen LogP contribution >= 0.6 is 0 Å². The molecule has 4 aromatic carbocycles. The maximum Gasteiger partial charge on any atom is 0.131 e. The minimum atomic E-state index is 0.175. The van der Waals surface area contributed by atoms with E-state index in [0.29, 0.717) is 10.8 Å². The van der Waals surface area contributed by atoms with Gasteiger partial charge >= 0.3 is 0 Å². The predicted molar refractivity (Wildman–Crippen MR) is 103 cm³/mol. The highest BCUT2D eigenvalue weighted by Gasteiger charge is 2.10. The van der Waals surface area contributed by atoms with Crippen molar-refractivity contribution in [2.24, 2.45) is 0 Å². The molecule has 2 nitrogen and oxygen atoms in total. The highest BCUT2D eigenvalue weighted by Crippen LogP contribution is 2.39. The second-order valence-electron chi connectivity index (χ2n) is 6.28. The molecule has 0 unspecified atom stereocenters. The average Bonchev–Trinajstić information content (AvgIpc) is 2.64. The van der Waals surface area contributed by atoms with Crippen LogP contribution in [0, 0.1) is 6.92 Å². The first kappa shape index (κ1) is 15.3. The Kier molecular flexibility index (Phi) is 3.66. The van der Waals surface area contributed by atoms with Crippen molar-refractivity contribution >= 4 is 10.8 Å². The van der Waals surface area contributed by atoms with Gasteiger partial charge in [0.25, 0.3) is 0 Å². The average molecular weight is 326 g/mol. The molecule has 0 aliphatic carbocycles. The molecule has 4 aromatic rings. The molecular formula is C23H18O2. The molecule has 0 aliphatic heterocycles. The van der Waals surface area contributed by atoms with E-state index < -0.39 is 0 Å². The zero-order chi connectivity index (χ0) is 17.4. The lowest BCUT2D eigenvalue weighted by Crippen LogP contribution is -1.84. The monoisotopic (exact) mass is 326 g/mol. The summed E-state index contributed by atoms with van der Waals surface area (Å²) in [6.07, 6.45) is 0. The Morgan fingerprint density at radius 2 is 1.16 bits per heavy atom. The molecule has 0 atom stereocenters. The number of hydrogen-bond acceptors (Lipinski definition) is 2. The van der Waals surface area contributed by atoms with E-state index in [1.165, 1.54) is 11.1 Å². The standard InChI is InChI=1S/C23H18O2/c1-15-5-7-16(8-6-15)17-9-11-18(12-10-17)19-13-14-20-21(23(19)25)3-2-4-22(20)24/h2-14,24-25H,1H3. The van der Waals surface area contributed by atoms with Gasteiger partial charge in [-0.3, -0.25) is 0 Å². The normalized spacial score (nSPS) is 10.9. The van der Waals surface area contributed by atoms with Gasteiger partial charge in [-0.25, -0.2) is 0 Å². The number of hydrogen-bond donors (Lipinski definition) is 2. The predicted octanol–water partition coefficient (Wildman–Crippen LogP) is 5.89. The molecule has 4 rings (SSSR count). The van der Waals surface area contributed by atoms with Gasteiger partial charge < -0.3 is 10.2 Å². The summed E-state index contributed by atoms with van der Waals surface area (Å²) in [5.41, 5.74) is 5.25. The smallest absolute Gasteiger partial charge is 0.131 e. The van der Waals surface area contributed by atoms with Crippen molar-refractivity contribution in [3.05, 3.63) is 84.4 Å². The molecule has 0 heterocycles. The topological polar surface area (TPSA) is 40.5 Å². The molecule has 0 saturated heterocycles. The van der Waals surface area contributed by atoms with Crippen LogP contribution in [0.15, 0.2) is 78.9 Å². The molecule has 2 N–H and O–H groups in total. The molecule has 0 bridgehead atoms. The lowest BCUT2D eigenvalue weighted by atomic mass is 9.97. The first-order valence-corrected chi connectivity index (χ1v) is 8.24. The number of aryl methyl sites for hydroxylation is 1. The molecule has 2 heteroatoms. The molecule has 0 aromatic heterocycles. The highest BCUT2D eigenvalue weighted by atomic mass is 16.3. The Labute approximate surface area is 146 Å². The quantitative estimate of drug-likeness (QED) is 0.482. The Hall–Kier alpha value is -3.26. The van der Waals surface area contributed by atoms with Gasteiger partial charge in [-0.05, 0) is 41.8 Å². The Morgan fingerprint density at radius 1 is 0.560 bits per heavy atom. The second-order valence-corrected chi connectivity index (χ2v) is 6.28. The molecule has 0 saturated carbocycles. The van der Waals surface area contributed by atoms with Crippen molar-refractivity contribution in [2.45, 2.75) is 6.92 Å². The molecule has 0 amide bonds. The zero-order valence-corrected chi connectivity index (χ0v) is 13.9. The van der Waals surface area contributed by atoms with Gasteiger partial charge in [0.15, 0.2) is 0 Å². The Balaban J connectivity index is 1.76. The van der Waals surface area contributed by atoms with Gasteiger partial charge in [0.05, 0.1) is 0 Å². The first-order valence-electron chi connectivity index (χ1n) is 8.24. The van der Waals surface area contributed by atoms with Crippen molar-refractivity contribution in [1.82, 2.24) is 0 Å². The van der Waals surface area contributed by atoms with Crippen molar-refractivity contribution in [2.75, 3.05) is 0 Å². The summed E-state index contributed by atoms with van der Waals surface area (Å²) in [6, 6.07) is 25.4. The van der Waals surface area contributed by atoms with Crippen LogP contribution in [0.5, 0.6) is 11.5 Å². The number of benzene rings is 4. The third-order valence-corrected chi connectivity index (χ3v) is 4.59. The van der Waals surface area contributed by atoms with Gasteiger partial charge in [0.1, 0.15) is 11.5 Å². The Bertz CT molecular complexity index is 1050. The van der Waals surface area contributed by atoms with Gasteiger partial charge in [-0.1, -0.05) is 66.2 Å². The summed E-state index contributed by atoms with van der Waals surface area (Å²) >= 11 is 0. The maximum absolute atomic E-state index is 10.6. The van der Waals surface area contributed by atoms with Crippen LogP contribution in [0.25, 0.3) is 33.0 Å². The molecule has 0 fully saturated rings. The SMILES string of the molecule is Cc1ccc(-c2ccc(-c3ccc4c(O)cccc4c3O)cc2)cc1. The van der Waals surface area contributed by atoms with E-state index in [0.717, 1.165) is 16.7 Å². The Morgan fingerprint density at radius 3 is 1.84 bits per heavy atom. The number of fused-ring (bicyclic) bond motifs is 1. The van der Waals surface area contributed by atoms with Crippen LogP contribution in [0.3, 0.4) is 0 Å². The van der Waals surface area contributed by atoms with Gasteiger partial charge in [0, 0.05) is 16.3 Å². The first-order chi connectivity index (χ1) is 12.1. The van der Waals surface area contributed by atoms with Gasteiger partial charge in [-0.2, -0.15) is 0 Å². The van der Waals surface area contributed by atoms with Crippen molar-refractivity contribution in [1.29, 1.82) is 0 Å². The van der Waals surface area contributed by atoms with E-state index in [1.54, 1.807) is 12.1 Å². The van der Waals surface area contributed by atoms with E-state index in [9.17, 15) is 10.2 Å². The summed E-state index contributed by atoms with van der Waals surface area (Å²) in [4.78, 5) is 0. The van der Waals surface area contributed by atoms with E-state index in [-0.39, 0.29) is 11.5 Å². The summed E-state index contributed by atoms with van der Waals surface area (Å²) < 4.78 is 0. The lowest BCUT2D eigenvalue weighted by molar-refractivity contribution is 0.476. The van der Waals surface area contributed by atoms with Crippen LogP contribution in [-0.2, 0) is 0 Å². The molecule has 122 valence electrons. The minimum absolute atomic E-state index is 0.175. The van der Waals surface area contributed by atoms with Crippen LogP contribution < -0.4 is 0 Å². The minimum Gasteiger partial charge on any atom is -0.507 e. The fraction of sp³-hybridized carbons (Fsp3) is 0.0435. The van der Waals surface area contributed by atoms with Crippen molar-refractivity contribution < 1.29 is 10.2 Å². The van der Waals surface area contributed by atoms with Gasteiger partial charge in [0.2, 0.25) is 0 Å². The number of phenols is 2. The number of rotatable bonds is 2. The summed E-state index contributed by atoms with van der Waals surface area (Å²) in [6.45, 7) is 2.08. The van der Waals surface area contributed by atoms with E-state index >= 15 is 0 Å². The number of aromatic hydroxyl groups is 2. The largest absolute Gasteiger partial charge is 0.507 e. The van der Waals surface area contributed by atoms with E-state index in [1.807, 2.05) is 30.3 Å². The third kappa shape index (κ3) is 2.72. The molecule has 0 radical (unpaired) electrons. The summed E-state index contributed by atoms with van der Waals surface area (Å²) in [5, 5.41) is 21.9. The van der Waals surface area contributed by atoms with E-state index in [2.05, 4.69) is 43.3 Å². The molecule has 25 heavy (non-hydrogen) atoms. The van der Waals surface area contributed by atoms with Crippen LogP contribution in [0.2, 0.25) is 0 Å². The van der Waals surface area contributed by atoms with E-state index in [4.69, 9.17) is 0 Å². The summed E-state index contributed by atoms with van der Waals surface area (Å²) in [5.74, 6) is 0.366. The van der Waals surface area contributed by atoms with Crippen molar-refractivity contribution in [3.63, 3.8) is 0 Å².